The van der Waals surface area contributed by atoms with E-state index in [1.165, 1.54) is 16.3 Å². The standard InChI is InChI=1S/C23H29N/c1-6-22(24(5)18-11-7-10-17-23(2,3)4)21-16-12-14-19-13-8-9-15-20(19)21/h7-9,11-16,22H,6,18H2,1-5H3/b11-7+. The third-order valence-corrected chi connectivity index (χ3v) is 4.14. The van der Waals surface area contributed by atoms with Crippen LogP contribution in [0.25, 0.3) is 10.8 Å². The summed E-state index contributed by atoms with van der Waals surface area (Å²) in [6.45, 7) is 9.56. The normalized spacial score (nSPS) is 13.2. The van der Waals surface area contributed by atoms with Crippen LogP contribution >= 0.6 is 0 Å². The van der Waals surface area contributed by atoms with Gasteiger partial charge in [-0.2, -0.15) is 0 Å². The minimum atomic E-state index is 0.0607. The van der Waals surface area contributed by atoms with Crippen molar-refractivity contribution in [2.75, 3.05) is 13.6 Å². The van der Waals surface area contributed by atoms with E-state index in [1.54, 1.807) is 0 Å². The Kier molecular flexibility index (Phi) is 6.23. The van der Waals surface area contributed by atoms with E-state index in [9.17, 15) is 0 Å². The van der Waals surface area contributed by atoms with Gasteiger partial charge in [-0.1, -0.05) is 67.3 Å². The molecule has 1 atom stereocenters. The Morgan fingerprint density at radius 3 is 2.50 bits per heavy atom. The van der Waals surface area contributed by atoms with Crippen LogP contribution in [-0.2, 0) is 0 Å². The van der Waals surface area contributed by atoms with Gasteiger partial charge in [0.25, 0.3) is 0 Å². The number of benzene rings is 2. The second-order valence-corrected chi connectivity index (χ2v) is 7.35. The van der Waals surface area contributed by atoms with Gasteiger partial charge in [-0.05, 0) is 56.7 Å². The molecular weight excluding hydrogens is 290 g/mol. The van der Waals surface area contributed by atoms with Gasteiger partial charge in [-0.3, -0.25) is 4.90 Å². The highest BCUT2D eigenvalue weighted by molar-refractivity contribution is 5.86. The van der Waals surface area contributed by atoms with Crippen LogP contribution in [0.2, 0.25) is 0 Å². The quantitative estimate of drug-likeness (QED) is 0.627. The van der Waals surface area contributed by atoms with Gasteiger partial charge in [0.15, 0.2) is 0 Å². The molecule has 0 fully saturated rings. The zero-order valence-corrected chi connectivity index (χ0v) is 15.6. The zero-order chi connectivity index (χ0) is 17.6. The predicted molar refractivity (Wildman–Crippen MR) is 106 cm³/mol. The average molecular weight is 319 g/mol. The fraction of sp³-hybridized carbons (Fsp3) is 0.391. The molecule has 0 aliphatic carbocycles. The maximum absolute atomic E-state index is 3.24. The molecule has 0 heterocycles. The van der Waals surface area contributed by atoms with E-state index in [4.69, 9.17) is 0 Å². The van der Waals surface area contributed by atoms with Crippen molar-refractivity contribution < 1.29 is 0 Å². The molecule has 0 saturated carbocycles. The highest BCUT2D eigenvalue weighted by atomic mass is 15.1. The zero-order valence-electron chi connectivity index (χ0n) is 15.6. The highest BCUT2D eigenvalue weighted by Crippen LogP contribution is 2.29. The molecule has 0 bridgehead atoms. The van der Waals surface area contributed by atoms with Crippen molar-refractivity contribution in [1.29, 1.82) is 0 Å². The Bertz CT molecular complexity index is 747. The van der Waals surface area contributed by atoms with Gasteiger partial charge in [-0.15, -0.1) is 0 Å². The van der Waals surface area contributed by atoms with E-state index in [0.717, 1.165) is 13.0 Å². The van der Waals surface area contributed by atoms with Gasteiger partial charge in [0.2, 0.25) is 0 Å². The van der Waals surface area contributed by atoms with Crippen LogP contribution in [0.4, 0.5) is 0 Å². The molecule has 1 unspecified atom stereocenters. The molecule has 24 heavy (non-hydrogen) atoms. The number of rotatable bonds is 5. The Morgan fingerprint density at radius 1 is 1.08 bits per heavy atom. The molecule has 0 N–H and O–H groups in total. The Morgan fingerprint density at radius 2 is 1.79 bits per heavy atom. The molecule has 0 radical (unpaired) electrons. The SMILES string of the molecule is CCC(c1cccc2ccccc12)N(C)C/C=C/C#CC(C)(C)C. The fourth-order valence-electron chi connectivity index (χ4n) is 2.97. The van der Waals surface area contributed by atoms with Crippen LogP contribution in [0.3, 0.4) is 0 Å². The molecule has 0 aliphatic heterocycles. The molecule has 0 spiro atoms. The van der Waals surface area contributed by atoms with E-state index in [-0.39, 0.29) is 5.41 Å². The third kappa shape index (κ3) is 4.98. The number of allylic oxidation sites excluding steroid dienone is 1. The van der Waals surface area contributed by atoms with Gasteiger partial charge in [-0.25, -0.2) is 0 Å². The Hall–Kier alpha value is -2.04. The van der Waals surface area contributed by atoms with Crippen molar-refractivity contribution in [3.8, 4) is 11.8 Å². The first-order valence-electron chi connectivity index (χ1n) is 8.78. The molecule has 1 heteroatoms. The van der Waals surface area contributed by atoms with Crippen LogP contribution in [0, 0.1) is 17.3 Å². The van der Waals surface area contributed by atoms with Crippen LogP contribution in [0.15, 0.2) is 54.6 Å². The van der Waals surface area contributed by atoms with Crippen molar-refractivity contribution in [2.24, 2.45) is 5.41 Å². The summed E-state index contributed by atoms with van der Waals surface area (Å²) in [6, 6.07) is 15.7. The Balaban J connectivity index is 2.15. The predicted octanol–water partition coefficient (Wildman–Crippen LogP) is 5.83. The number of likely N-dealkylation sites (N-methyl/N-ethyl adjacent to an activating group) is 1. The smallest absolute Gasteiger partial charge is 0.0351 e. The van der Waals surface area contributed by atoms with E-state index >= 15 is 0 Å². The second kappa shape index (κ2) is 8.18. The first-order chi connectivity index (χ1) is 11.4. The molecule has 2 aromatic carbocycles. The van der Waals surface area contributed by atoms with Crippen LogP contribution in [-0.4, -0.2) is 18.5 Å². The van der Waals surface area contributed by atoms with E-state index in [2.05, 4.69) is 100 Å². The summed E-state index contributed by atoms with van der Waals surface area (Å²) in [4.78, 5) is 2.40. The minimum absolute atomic E-state index is 0.0607. The highest BCUT2D eigenvalue weighted by Gasteiger charge is 2.16. The maximum Gasteiger partial charge on any atom is 0.0351 e. The van der Waals surface area contributed by atoms with Crippen molar-refractivity contribution >= 4 is 10.8 Å². The summed E-state index contributed by atoms with van der Waals surface area (Å²) in [5.41, 5.74) is 1.47. The van der Waals surface area contributed by atoms with Crippen LogP contribution in [0.5, 0.6) is 0 Å². The summed E-state index contributed by atoms with van der Waals surface area (Å²) in [5, 5.41) is 2.67. The summed E-state index contributed by atoms with van der Waals surface area (Å²) in [7, 11) is 2.19. The van der Waals surface area contributed by atoms with E-state index < -0.39 is 0 Å². The number of hydrogen-bond donors (Lipinski definition) is 0. The van der Waals surface area contributed by atoms with Crippen molar-refractivity contribution in [2.45, 2.75) is 40.2 Å². The molecule has 0 aromatic heterocycles. The summed E-state index contributed by atoms with van der Waals surface area (Å²) >= 11 is 0. The first kappa shape index (κ1) is 18.3. The minimum Gasteiger partial charge on any atom is -0.296 e. The molecule has 0 amide bonds. The number of hydrogen-bond acceptors (Lipinski definition) is 1. The van der Waals surface area contributed by atoms with Crippen molar-refractivity contribution in [3.63, 3.8) is 0 Å². The summed E-state index contributed by atoms with van der Waals surface area (Å²) in [6.07, 6.45) is 5.23. The Labute approximate surface area is 147 Å². The summed E-state index contributed by atoms with van der Waals surface area (Å²) in [5.74, 6) is 6.39. The molecule has 126 valence electrons. The molecular formula is C23H29N. The van der Waals surface area contributed by atoms with Gasteiger partial charge in [0, 0.05) is 18.0 Å². The lowest BCUT2D eigenvalue weighted by molar-refractivity contribution is 0.265. The largest absolute Gasteiger partial charge is 0.296 e. The molecule has 1 nitrogen and oxygen atoms in total. The monoisotopic (exact) mass is 319 g/mol. The maximum atomic E-state index is 3.24. The fourth-order valence-corrected chi connectivity index (χ4v) is 2.97. The second-order valence-electron chi connectivity index (χ2n) is 7.35. The van der Waals surface area contributed by atoms with Crippen molar-refractivity contribution in [1.82, 2.24) is 4.90 Å². The van der Waals surface area contributed by atoms with Gasteiger partial charge < -0.3 is 0 Å². The van der Waals surface area contributed by atoms with Crippen LogP contribution < -0.4 is 0 Å². The number of fused-ring (bicyclic) bond motifs is 1. The molecule has 0 aliphatic rings. The first-order valence-corrected chi connectivity index (χ1v) is 8.78. The van der Waals surface area contributed by atoms with Crippen LogP contribution in [0.1, 0.15) is 45.7 Å². The summed E-state index contributed by atoms with van der Waals surface area (Å²) < 4.78 is 0. The van der Waals surface area contributed by atoms with Gasteiger partial charge in [0.1, 0.15) is 0 Å². The van der Waals surface area contributed by atoms with Gasteiger partial charge in [0.05, 0.1) is 0 Å². The number of nitrogens with zero attached hydrogens (tertiary/aromatic N) is 1. The third-order valence-electron chi connectivity index (χ3n) is 4.14. The molecule has 2 aromatic rings. The van der Waals surface area contributed by atoms with Crippen molar-refractivity contribution in [3.05, 3.63) is 60.2 Å². The molecule has 2 rings (SSSR count). The van der Waals surface area contributed by atoms with E-state index in [0.29, 0.717) is 6.04 Å². The lowest BCUT2D eigenvalue weighted by Gasteiger charge is -2.27. The lowest BCUT2D eigenvalue weighted by Crippen LogP contribution is -2.24. The molecule has 0 saturated heterocycles. The van der Waals surface area contributed by atoms with E-state index in [1.807, 2.05) is 6.08 Å². The topological polar surface area (TPSA) is 3.24 Å². The lowest BCUT2D eigenvalue weighted by atomic mass is 9.96. The van der Waals surface area contributed by atoms with Gasteiger partial charge >= 0.3 is 0 Å². The average Bonchev–Trinajstić information content (AvgIpc) is 2.54.